The average Bonchev–Trinajstić information content (AvgIpc) is 2.32. The van der Waals surface area contributed by atoms with Crippen LogP contribution in [-0.4, -0.2) is 17.5 Å². The van der Waals surface area contributed by atoms with E-state index in [4.69, 9.17) is 23.2 Å². The van der Waals surface area contributed by atoms with Crippen LogP contribution in [0, 0.1) is 0 Å². The molecule has 0 saturated carbocycles. The Morgan fingerprint density at radius 1 is 1.11 bits per heavy atom. The van der Waals surface area contributed by atoms with E-state index in [1.165, 1.54) is 19.1 Å². The molecule has 1 N–H and O–H groups in total. The number of allylic oxidation sites excluding steroid dienone is 2. The minimum Gasteiger partial charge on any atom is -0.326 e. The first-order valence-corrected chi connectivity index (χ1v) is 5.74. The van der Waals surface area contributed by atoms with Crippen molar-refractivity contribution >= 4 is 46.4 Å². The van der Waals surface area contributed by atoms with E-state index in [-0.39, 0.29) is 32.8 Å². The summed E-state index contributed by atoms with van der Waals surface area (Å²) in [5, 5.41) is 1.86. The van der Waals surface area contributed by atoms with E-state index < -0.39 is 11.6 Å². The Bertz CT molecular complexity index is 620. The lowest BCUT2D eigenvalue weighted by Crippen LogP contribution is -2.20. The number of hydrogen-bond acceptors (Lipinski definition) is 3. The van der Waals surface area contributed by atoms with Gasteiger partial charge in [0.2, 0.25) is 17.5 Å². The molecule has 6 heteroatoms. The maximum Gasteiger partial charge on any atom is 0.221 e. The summed E-state index contributed by atoms with van der Waals surface area (Å²) in [7, 11) is 0. The van der Waals surface area contributed by atoms with E-state index in [0.29, 0.717) is 0 Å². The SMILES string of the molecule is CC(=O)Nc1cccc2c1C(=O)C(Cl)=C(Cl)C2=O. The normalized spacial score (nSPS) is 14.6. The zero-order valence-corrected chi connectivity index (χ0v) is 10.7. The zero-order valence-electron chi connectivity index (χ0n) is 9.21. The van der Waals surface area contributed by atoms with Gasteiger partial charge in [-0.15, -0.1) is 0 Å². The minimum absolute atomic E-state index is 0.0760. The van der Waals surface area contributed by atoms with Crippen molar-refractivity contribution in [2.45, 2.75) is 6.92 Å². The summed E-state index contributed by atoms with van der Waals surface area (Å²) in [5.41, 5.74) is 0.466. The van der Waals surface area contributed by atoms with E-state index in [9.17, 15) is 14.4 Å². The molecule has 4 nitrogen and oxygen atoms in total. The lowest BCUT2D eigenvalue weighted by Gasteiger charge is -2.17. The van der Waals surface area contributed by atoms with Crippen LogP contribution in [0.3, 0.4) is 0 Å². The molecule has 0 bridgehead atoms. The van der Waals surface area contributed by atoms with Crippen LogP contribution >= 0.6 is 23.2 Å². The van der Waals surface area contributed by atoms with Gasteiger partial charge < -0.3 is 5.32 Å². The van der Waals surface area contributed by atoms with Gasteiger partial charge in [0.25, 0.3) is 0 Å². The number of Topliss-reactive ketones (excluding diaryl/α,β-unsaturated/α-hetero) is 2. The topological polar surface area (TPSA) is 63.2 Å². The van der Waals surface area contributed by atoms with E-state index in [1.54, 1.807) is 6.07 Å². The lowest BCUT2D eigenvalue weighted by atomic mass is 9.93. The molecular weight excluding hydrogens is 277 g/mol. The molecule has 1 aliphatic rings. The van der Waals surface area contributed by atoms with Gasteiger partial charge in [-0.1, -0.05) is 35.3 Å². The molecule has 0 aliphatic heterocycles. The number of fused-ring (bicyclic) bond motifs is 1. The maximum absolute atomic E-state index is 12.0. The molecule has 1 aromatic carbocycles. The Hall–Kier alpha value is -1.65. The first kappa shape index (κ1) is 12.8. The molecule has 0 spiro atoms. The first-order chi connectivity index (χ1) is 8.43. The van der Waals surface area contributed by atoms with Crippen molar-refractivity contribution in [3.8, 4) is 0 Å². The summed E-state index contributed by atoms with van der Waals surface area (Å²) in [6.07, 6.45) is 0. The molecule has 0 fully saturated rings. The van der Waals surface area contributed by atoms with Crippen molar-refractivity contribution in [3.05, 3.63) is 39.4 Å². The molecule has 0 aromatic heterocycles. The van der Waals surface area contributed by atoms with Crippen molar-refractivity contribution in [1.82, 2.24) is 0 Å². The molecular formula is C12H7Cl2NO3. The molecule has 0 atom stereocenters. The monoisotopic (exact) mass is 283 g/mol. The molecule has 0 unspecified atom stereocenters. The molecule has 0 saturated heterocycles. The highest BCUT2D eigenvalue weighted by molar-refractivity contribution is 6.59. The number of benzene rings is 1. The molecule has 0 heterocycles. The number of nitrogens with one attached hydrogen (secondary N) is 1. The van der Waals surface area contributed by atoms with Gasteiger partial charge in [0.1, 0.15) is 10.1 Å². The molecule has 1 aliphatic carbocycles. The highest BCUT2D eigenvalue weighted by atomic mass is 35.5. The van der Waals surface area contributed by atoms with Gasteiger partial charge in [-0.2, -0.15) is 0 Å². The highest BCUT2D eigenvalue weighted by Gasteiger charge is 2.32. The number of ketones is 2. The highest BCUT2D eigenvalue weighted by Crippen LogP contribution is 2.34. The van der Waals surface area contributed by atoms with Crippen LogP contribution in [0.25, 0.3) is 0 Å². The van der Waals surface area contributed by atoms with E-state index in [0.717, 1.165) is 0 Å². The molecule has 2 rings (SSSR count). The fourth-order valence-electron chi connectivity index (χ4n) is 1.71. The van der Waals surface area contributed by atoms with Gasteiger partial charge >= 0.3 is 0 Å². The molecule has 1 aromatic rings. The van der Waals surface area contributed by atoms with Gasteiger partial charge in [-0.3, -0.25) is 14.4 Å². The van der Waals surface area contributed by atoms with Crippen LogP contribution in [0.2, 0.25) is 0 Å². The second-order valence-electron chi connectivity index (χ2n) is 3.70. The second kappa shape index (κ2) is 4.55. The number of amides is 1. The summed E-state index contributed by atoms with van der Waals surface area (Å²) < 4.78 is 0. The number of rotatable bonds is 1. The molecule has 1 amide bonds. The van der Waals surface area contributed by atoms with E-state index in [1.807, 2.05) is 0 Å². The quantitative estimate of drug-likeness (QED) is 0.862. The summed E-state index contributed by atoms with van der Waals surface area (Å²) in [4.78, 5) is 34.9. The first-order valence-electron chi connectivity index (χ1n) is 4.98. The summed E-state index contributed by atoms with van der Waals surface area (Å²) in [6.45, 7) is 1.30. The van der Waals surface area contributed by atoms with Gasteiger partial charge in [-0.05, 0) is 6.07 Å². The third-order valence-electron chi connectivity index (χ3n) is 2.44. The van der Waals surface area contributed by atoms with Crippen molar-refractivity contribution in [3.63, 3.8) is 0 Å². The summed E-state index contributed by atoms with van der Waals surface area (Å²) in [5.74, 6) is -1.44. The summed E-state index contributed by atoms with van der Waals surface area (Å²) in [6, 6.07) is 4.54. The van der Waals surface area contributed by atoms with Crippen molar-refractivity contribution in [2.75, 3.05) is 5.32 Å². The van der Waals surface area contributed by atoms with Gasteiger partial charge in [0.15, 0.2) is 0 Å². The number of halogens is 2. The Balaban J connectivity index is 2.67. The second-order valence-corrected chi connectivity index (χ2v) is 4.45. The summed E-state index contributed by atoms with van der Waals surface area (Å²) >= 11 is 11.4. The number of hydrogen-bond donors (Lipinski definition) is 1. The van der Waals surface area contributed by atoms with Crippen LogP contribution in [0.4, 0.5) is 5.69 Å². The van der Waals surface area contributed by atoms with Crippen LogP contribution in [0.1, 0.15) is 27.6 Å². The third-order valence-corrected chi connectivity index (χ3v) is 3.26. The van der Waals surface area contributed by atoms with Crippen LogP contribution in [0.5, 0.6) is 0 Å². The fourth-order valence-corrected chi connectivity index (χ4v) is 2.08. The lowest BCUT2D eigenvalue weighted by molar-refractivity contribution is -0.114. The van der Waals surface area contributed by atoms with Crippen molar-refractivity contribution < 1.29 is 14.4 Å². The molecule has 18 heavy (non-hydrogen) atoms. The zero-order chi connectivity index (χ0) is 13.4. The Labute approximate surface area is 113 Å². The van der Waals surface area contributed by atoms with E-state index >= 15 is 0 Å². The molecule has 92 valence electrons. The Morgan fingerprint density at radius 3 is 2.33 bits per heavy atom. The van der Waals surface area contributed by atoms with Gasteiger partial charge in [0, 0.05) is 12.5 Å². The van der Waals surface area contributed by atoms with E-state index in [2.05, 4.69) is 5.32 Å². The molecule has 0 radical (unpaired) electrons. The average molecular weight is 284 g/mol. The fraction of sp³-hybridized carbons (Fsp3) is 0.0833. The number of carbonyl (C=O) groups excluding carboxylic acids is 3. The smallest absolute Gasteiger partial charge is 0.221 e. The third kappa shape index (κ3) is 1.94. The predicted molar refractivity (Wildman–Crippen MR) is 68.1 cm³/mol. The van der Waals surface area contributed by atoms with Crippen LogP contribution in [-0.2, 0) is 4.79 Å². The predicted octanol–water partition coefficient (Wildman–Crippen LogP) is 2.71. The standard InChI is InChI=1S/C12H7Cl2NO3/c1-5(16)15-7-4-2-3-6-8(7)12(18)10(14)9(13)11(6)17/h2-4H,1H3,(H,15,16). The van der Waals surface area contributed by atoms with Gasteiger partial charge in [-0.25, -0.2) is 0 Å². The largest absolute Gasteiger partial charge is 0.326 e. The Morgan fingerprint density at radius 2 is 1.72 bits per heavy atom. The van der Waals surface area contributed by atoms with Gasteiger partial charge in [0.05, 0.1) is 11.3 Å². The van der Waals surface area contributed by atoms with Crippen LogP contribution in [0.15, 0.2) is 28.3 Å². The minimum atomic E-state index is -0.569. The maximum atomic E-state index is 12.0. The van der Waals surface area contributed by atoms with Crippen molar-refractivity contribution in [2.24, 2.45) is 0 Å². The number of anilines is 1. The van der Waals surface area contributed by atoms with Crippen LogP contribution < -0.4 is 5.32 Å². The number of carbonyl (C=O) groups is 3. The van der Waals surface area contributed by atoms with Crippen molar-refractivity contribution in [1.29, 1.82) is 0 Å². The Kier molecular flexibility index (Phi) is 3.24.